The van der Waals surface area contributed by atoms with E-state index in [0.717, 1.165) is 12.4 Å². The number of hydrogen-bond acceptors (Lipinski definition) is 1. The quantitative estimate of drug-likeness (QED) is 0.161. The summed E-state index contributed by atoms with van der Waals surface area (Å²) < 4.78 is 5.73. The van der Waals surface area contributed by atoms with Gasteiger partial charge in [0.1, 0.15) is 5.75 Å². The van der Waals surface area contributed by atoms with Gasteiger partial charge in [-0.3, -0.25) is 0 Å². The van der Waals surface area contributed by atoms with Gasteiger partial charge in [-0.25, -0.2) is 0 Å². The molecule has 1 heteroatoms. The second kappa shape index (κ2) is 22.7. The maximum Gasteiger partial charge on any atom is 0.119 e. The maximum absolute atomic E-state index is 5.73. The summed E-state index contributed by atoms with van der Waals surface area (Å²) in [5.41, 5.74) is 0. The first kappa shape index (κ1) is 27.1. The Kier molecular flexibility index (Phi) is 20.5. The van der Waals surface area contributed by atoms with Crippen molar-refractivity contribution in [2.75, 3.05) is 6.61 Å². The van der Waals surface area contributed by atoms with Gasteiger partial charge in [0, 0.05) is 0 Å². The van der Waals surface area contributed by atoms with Crippen LogP contribution in [0.15, 0.2) is 24.3 Å². The van der Waals surface area contributed by atoms with Crippen LogP contribution < -0.4 is 4.74 Å². The number of unbranched alkanes of at least 4 members (excludes halogenated alkanes) is 20. The van der Waals surface area contributed by atoms with Crippen molar-refractivity contribution in [1.29, 1.82) is 0 Å². The van der Waals surface area contributed by atoms with E-state index in [1.165, 1.54) is 135 Å². The molecular weight excluding hydrogens is 364 g/mol. The molecule has 0 aliphatic carbocycles. The molecule has 1 nitrogen and oxygen atoms in total. The van der Waals surface area contributed by atoms with Crippen LogP contribution >= 0.6 is 0 Å². The summed E-state index contributed by atoms with van der Waals surface area (Å²) in [6.45, 7) is 3.15. The molecule has 173 valence electrons. The summed E-state index contributed by atoms with van der Waals surface area (Å²) >= 11 is 0. The van der Waals surface area contributed by atoms with Crippen LogP contribution in [-0.2, 0) is 0 Å². The Hall–Kier alpha value is -0.980. The van der Waals surface area contributed by atoms with Crippen LogP contribution in [-0.4, -0.2) is 6.61 Å². The Balaban J connectivity index is 1.65. The van der Waals surface area contributed by atoms with E-state index >= 15 is 0 Å². The highest BCUT2D eigenvalue weighted by molar-refractivity contribution is 5.20. The van der Waals surface area contributed by atoms with Crippen LogP contribution in [0, 0.1) is 6.07 Å². The third kappa shape index (κ3) is 19.0. The molecule has 0 saturated heterocycles. The van der Waals surface area contributed by atoms with Gasteiger partial charge in [0.05, 0.1) is 6.61 Å². The minimum absolute atomic E-state index is 0.850. The van der Waals surface area contributed by atoms with Gasteiger partial charge in [-0.2, -0.15) is 0 Å². The second-order valence-electron chi connectivity index (χ2n) is 9.16. The fourth-order valence-electron chi connectivity index (χ4n) is 4.19. The normalized spacial score (nSPS) is 11.1. The number of ether oxygens (including phenoxy) is 1. The fraction of sp³-hybridized carbons (Fsp3) is 0.793. The zero-order valence-corrected chi connectivity index (χ0v) is 20.3. The third-order valence-corrected chi connectivity index (χ3v) is 6.20. The lowest BCUT2D eigenvalue weighted by Gasteiger charge is -2.06. The lowest BCUT2D eigenvalue weighted by atomic mass is 10.0. The second-order valence-corrected chi connectivity index (χ2v) is 9.16. The van der Waals surface area contributed by atoms with Crippen molar-refractivity contribution in [2.45, 2.75) is 142 Å². The molecule has 1 aromatic carbocycles. The van der Waals surface area contributed by atoms with Crippen LogP contribution in [0.4, 0.5) is 0 Å². The van der Waals surface area contributed by atoms with Crippen LogP contribution in [0.5, 0.6) is 5.75 Å². The molecule has 0 heterocycles. The van der Waals surface area contributed by atoms with E-state index in [0.29, 0.717) is 0 Å². The van der Waals surface area contributed by atoms with Crippen molar-refractivity contribution in [3.05, 3.63) is 30.3 Å². The molecule has 30 heavy (non-hydrogen) atoms. The van der Waals surface area contributed by atoms with Crippen molar-refractivity contribution in [3.63, 3.8) is 0 Å². The topological polar surface area (TPSA) is 9.23 Å². The first-order valence-electron chi connectivity index (χ1n) is 13.5. The van der Waals surface area contributed by atoms with Gasteiger partial charge in [0.25, 0.3) is 0 Å². The molecule has 0 bridgehead atoms. The summed E-state index contributed by atoms with van der Waals surface area (Å²) in [6.07, 6.45) is 30.0. The molecule has 0 aliphatic heterocycles. The lowest BCUT2D eigenvalue weighted by Crippen LogP contribution is -1.96. The van der Waals surface area contributed by atoms with Crippen LogP contribution in [0.1, 0.15) is 142 Å². The van der Waals surface area contributed by atoms with Gasteiger partial charge in [0.2, 0.25) is 0 Å². The smallest absolute Gasteiger partial charge is 0.119 e. The lowest BCUT2D eigenvalue weighted by molar-refractivity contribution is 0.304. The van der Waals surface area contributed by atoms with Gasteiger partial charge in [-0.15, -0.1) is 0 Å². The minimum Gasteiger partial charge on any atom is -0.494 e. The monoisotopic (exact) mass is 415 g/mol. The van der Waals surface area contributed by atoms with Crippen molar-refractivity contribution in [3.8, 4) is 5.75 Å². The van der Waals surface area contributed by atoms with Crippen LogP contribution in [0.2, 0.25) is 0 Å². The van der Waals surface area contributed by atoms with Crippen molar-refractivity contribution >= 4 is 0 Å². The average molecular weight is 416 g/mol. The molecule has 0 amide bonds. The predicted octanol–water partition coefficient (Wildman–Crippen LogP) is 10.1. The minimum atomic E-state index is 0.850. The highest BCUT2D eigenvalue weighted by Crippen LogP contribution is 2.15. The van der Waals surface area contributed by atoms with Gasteiger partial charge in [0.15, 0.2) is 0 Å². The summed E-state index contributed by atoms with van der Waals surface area (Å²) in [7, 11) is 0. The van der Waals surface area contributed by atoms with Crippen molar-refractivity contribution < 1.29 is 4.74 Å². The molecule has 0 unspecified atom stereocenters. The predicted molar refractivity (Wildman–Crippen MR) is 133 cm³/mol. The Labute approximate surface area is 189 Å². The molecule has 0 atom stereocenters. The Morgan fingerprint density at radius 1 is 0.500 bits per heavy atom. The highest BCUT2D eigenvalue weighted by Gasteiger charge is 1.96. The third-order valence-electron chi connectivity index (χ3n) is 6.20. The van der Waals surface area contributed by atoms with Gasteiger partial charge in [-0.05, 0) is 24.6 Å². The summed E-state index contributed by atoms with van der Waals surface area (Å²) in [5.74, 6) is 0.974. The van der Waals surface area contributed by atoms with E-state index < -0.39 is 0 Å². The first-order valence-corrected chi connectivity index (χ1v) is 13.5. The molecule has 0 saturated carbocycles. The Morgan fingerprint density at radius 2 is 0.833 bits per heavy atom. The van der Waals surface area contributed by atoms with Crippen LogP contribution in [0.25, 0.3) is 0 Å². The standard InChI is InChI=1S/C29H51O/c1-2-3-4-5-6-7-8-9-10-11-12-13-14-15-16-17-18-19-20-21-25-28-30-29-26-23-22-24-27-29/h23-24,26-27H,2-21,25,28H2,1H3. The molecule has 0 N–H and O–H groups in total. The van der Waals surface area contributed by atoms with Gasteiger partial charge < -0.3 is 4.74 Å². The number of rotatable bonds is 23. The first-order chi connectivity index (χ1) is 14.9. The van der Waals surface area contributed by atoms with E-state index in [4.69, 9.17) is 4.74 Å². The average Bonchev–Trinajstić information content (AvgIpc) is 2.78. The van der Waals surface area contributed by atoms with Crippen molar-refractivity contribution in [2.24, 2.45) is 0 Å². The summed E-state index contributed by atoms with van der Waals surface area (Å²) in [5, 5.41) is 0. The molecule has 0 spiro atoms. The SMILES string of the molecule is CCCCCCCCCCCCCCCCCCCCCCCOc1cc[c]cc1. The van der Waals surface area contributed by atoms with E-state index in [9.17, 15) is 0 Å². The Morgan fingerprint density at radius 3 is 1.20 bits per heavy atom. The number of hydrogen-bond donors (Lipinski definition) is 0. The molecule has 1 radical (unpaired) electrons. The zero-order valence-electron chi connectivity index (χ0n) is 20.3. The molecule has 1 aromatic rings. The zero-order chi connectivity index (χ0) is 21.4. The molecule has 0 aliphatic rings. The summed E-state index contributed by atoms with van der Waals surface area (Å²) in [6, 6.07) is 10.8. The van der Waals surface area contributed by atoms with E-state index in [2.05, 4.69) is 13.0 Å². The van der Waals surface area contributed by atoms with E-state index in [-0.39, 0.29) is 0 Å². The van der Waals surface area contributed by atoms with Gasteiger partial charge in [-0.1, -0.05) is 147 Å². The molecule has 0 aromatic heterocycles. The van der Waals surface area contributed by atoms with Crippen molar-refractivity contribution in [1.82, 2.24) is 0 Å². The summed E-state index contributed by atoms with van der Waals surface area (Å²) in [4.78, 5) is 0. The molecular formula is C29H51O. The maximum atomic E-state index is 5.73. The largest absolute Gasteiger partial charge is 0.494 e. The Bertz CT molecular complexity index is 427. The van der Waals surface area contributed by atoms with Crippen LogP contribution in [0.3, 0.4) is 0 Å². The van der Waals surface area contributed by atoms with E-state index in [1.54, 1.807) is 0 Å². The van der Waals surface area contributed by atoms with Gasteiger partial charge >= 0.3 is 0 Å². The number of benzene rings is 1. The fourth-order valence-corrected chi connectivity index (χ4v) is 4.19. The van der Waals surface area contributed by atoms with E-state index in [1.807, 2.05) is 24.3 Å². The molecule has 1 rings (SSSR count). The molecule has 0 fully saturated rings. The highest BCUT2D eigenvalue weighted by atomic mass is 16.5.